The molecule has 0 saturated heterocycles. The molecule has 0 saturated carbocycles. The molecule has 0 aliphatic rings. The average molecular weight is 425 g/mol. The molecule has 0 bridgehead atoms. The molecule has 0 unspecified atom stereocenters. The molecule has 0 heterocycles. The number of hydrogen-bond donors (Lipinski definition) is 3. The van der Waals surface area contributed by atoms with E-state index in [0.29, 0.717) is 11.1 Å². The van der Waals surface area contributed by atoms with Gasteiger partial charge in [0.2, 0.25) is 0 Å². The summed E-state index contributed by atoms with van der Waals surface area (Å²) in [5.74, 6) is -2.53. The topological polar surface area (TPSA) is 113 Å². The zero-order valence-electron chi connectivity index (χ0n) is 14.5. The van der Waals surface area contributed by atoms with Crippen LogP contribution < -0.4 is 9.47 Å². The van der Waals surface area contributed by atoms with Gasteiger partial charge in [0, 0.05) is 6.07 Å². The van der Waals surface area contributed by atoms with Crippen LogP contribution in [-0.4, -0.2) is 34.4 Å². The van der Waals surface area contributed by atoms with Crippen molar-refractivity contribution in [3.8, 4) is 23.0 Å². The van der Waals surface area contributed by atoms with E-state index in [0.717, 1.165) is 0 Å². The van der Waals surface area contributed by atoms with E-state index in [2.05, 4.69) is 15.9 Å². The van der Waals surface area contributed by atoms with Crippen LogP contribution in [0.5, 0.6) is 23.0 Å². The molecule has 2 aromatic rings. The zero-order valence-corrected chi connectivity index (χ0v) is 16.1. The van der Waals surface area contributed by atoms with Gasteiger partial charge in [-0.3, -0.25) is 0 Å². The lowest BCUT2D eigenvalue weighted by Crippen LogP contribution is -2.14. The number of methoxy groups -OCH3 is 1. The van der Waals surface area contributed by atoms with Gasteiger partial charge in [-0.25, -0.2) is 9.59 Å². The second-order valence-electron chi connectivity index (χ2n) is 5.65. The standard InChI is InChI=1S/C18H17BrO7/c1-7-5-10(20)6-11(25-4)12(7)18(24)26-16-9(3)8(2)13(17(22)23)15(21)14(16)19/h5-6,20-21H,1-4H3,(H,22,23). The number of aromatic carboxylic acids is 1. The Balaban J connectivity index is 2.57. The maximum atomic E-state index is 12.7. The third-order valence-electron chi connectivity index (χ3n) is 4.04. The molecule has 0 aromatic heterocycles. The number of esters is 1. The van der Waals surface area contributed by atoms with Crippen LogP contribution in [0.25, 0.3) is 0 Å². The fourth-order valence-electron chi connectivity index (χ4n) is 2.60. The van der Waals surface area contributed by atoms with Crippen LogP contribution in [-0.2, 0) is 0 Å². The Hall–Kier alpha value is -2.74. The van der Waals surface area contributed by atoms with Gasteiger partial charge in [0.25, 0.3) is 0 Å². The third kappa shape index (κ3) is 3.32. The van der Waals surface area contributed by atoms with Crippen molar-refractivity contribution in [2.45, 2.75) is 20.8 Å². The van der Waals surface area contributed by atoms with Crippen LogP contribution in [0.2, 0.25) is 0 Å². The summed E-state index contributed by atoms with van der Waals surface area (Å²) in [6.07, 6.45) is 0. The highest BCUT2D eigenvalue weighted by Crippen LogP contribution is 2.42. The summed E-state index contributed by atoms with van der Waals surface area (Å²) in [6.45, 7) is 4.70. The summed E-state index contributed by atoms with van der Waals surface area (Å²) in [5, 5.41) is 29.0. The molecular weight excluding hydrogens is 408 g/mol. The molecule has 0 atom stereocenters. The van der Waals surface area contributed by atoms with Gasteiger partial charge in [0.1, 0.15) is 32.8 Å². The van der Waals surface area contributed by atoms with Gasteiger partial charge in [-0.2, -0.15) is 0 Å². The van der Waals surface area contributed by atoms with E-state index in [1.807, 2.05) is 0 Å². The molecule has 0 aliphatic carbocycles. The fraction of sp³-hybridized carbons (Fsp3) is 0.222. The molecule has 2 aromatic carbocycles. The Morgan fingerprint density at radius 1 is 1.04 bits per heavy atom. The summed E-state index contributed by atoms with van der Waals surface area (Å²) in [6, 6.07) is 2.67. The second kappa shape index (κ2) is 7.25. The van der Waals surface area contributed by atoms with Crippen LogP contribution >= 0.6 is 15.9 Å². The number of carbonyl (C=O) groups is 2. The number of benzene rings is 2. The first kappa shape index (κ1) is 19.6. The lowest BCUT2D eigenvalue weighted by molar-refractivity contribution is 0.0692. The van der Waals surface area contributed by atoms with Crippen molar-refractivity contribution in [1.82, 2.24) is 0 Å². The van der Waals surface area contributed by atoms with E-state index in [-0.39, 0.29) is 38.4 Å². The Bertz CT molecular complexity index is 889. The van der Waals surface area contributed by atoms with Crippen molar-refractivity contribution in [3.63, 3.8) is 0 Å². The summed E-state index contributed by atoms with van der Waals surface area (Å²) in [7, 11) is 1.35. The number of ether oxygens (including phenoxy) is 2. The highest BCUT2D eigenvalue weighted by Gasteiger charge is 2.26. The fourth-order valence-corrected chi connectivity index (χ4v) is 3.18. The van der Waals surface area contributed by atoms with E-state index in [4.69, 9.17) is 9.47 Å². The maximum Gasteiger partial charge on any atom is 0.347 e. The maximum absolute atomic E-state index is 12.7. The minimum Gasteiger partial charge on any atom is -0.508 e. The highest BCUT2D eigenvalue weighted by molar-refractivity contribution is 9.10. The van der Waals surface area contributed by atoms with Crippen LogP contribution in [0.1, 0.15) is 37.4 Å². The van der Waals surface area contributed by atoms with Crippen molar-refractivity contribution in [1.29, 1.82) is 0 Å². The lowest BCUT2D eigenvalue weighted by atomic mass is 10.0. The van der Waals surface area contributed by atoms with E-state index in [1.165, 1.54) is 26.2 Å². The number of carboxylic acid groups (broad SMARTS) is 1. The van der Waals surface area contributed by atoms with E-state index >= 15 is 0 Å². The van der Waals surface area contributed by atoms with Gasteiger partial charge in [-0.05, 0) is 59.5 Å². The predicted octanol–water partition coefficient (Wildman–Crippen LogP) is 3.71. The normalized spacial score (nSPS) is 10.5. The van der Waals surface area contributed by atoms with E-state index < -0.39 is 17.7 Å². The molecule has 3 N–H and O–H groups in total. The number of aryl methyl sites for hydroxylation is 1. The Labute approximate surface area is 157 Å². The van der Waals surface area contributed by atoms with Crippen molar-refractivity contribution in [2.24, 2.45) is 0 Å². The van der Waals surface area contributed by atoms with Crippen molar-refractivity contribution in [2.75, 3.05) is 7.11 Å². The van der Waals surface area contributed by atoms with Crippen LogP contribution in [0.3, 0.4) is 0 Å². The molecule has 0 spiro atoms. The summed E-state index contributed by atoms with van der Waals surface area (Å²) in [5.41, 5.74) is 0.929. The van der Waals surface area contributed by atoms with Crippen LogP contribution in [0.15, 0.2) is 16.6 Å². The molecule has 138 valence electrons. The zero-order chi connectivity index (χ0) is 19.8. The van der Waals surface area contributed by atoms with Crippen molar-refractivity contribution < 1.29 is 34.4 Å². The molecule has 0 aliphatic heterocycles. The first-order valence-corrected chi connectivity index (χ1v) is 8.24. The van der Waals surface area contributed by atoms with Crippen molar-refractivity contribution in [3.05, 3.63) is 44.4 Å². The van der Waals surface area contributed by atoms with Gasteiger partial charge in [0.15, 0.2) is 5.75 Å². The molecule has 7 nitrogen and oxygen atoms in total. The van der Waals surface area contributed by atoms with E-state index in [1.54, 1.807) is 13.8 Å². The van der Waals surface area contributed by atoms with Crippen LogP contribution in [0.4, 0.5) is 0 Å². The summed E-state index contributed by atoms with van der Waals surface area (Å²) in [4.78, 5) is 24.0. The van der Waals surface area contributed by atoms with Gasteiger partial charge < -0.3 is 24.8 Å². The Kier molecular flexibility index (Phi) is 5.46. The summed E-state index contributed by atoms with van der Waals surface area (Å²) < 4.78 is 10.5. The number of carbonyl (C=O) groups excluding carboxylic acids is 1. The lowest BCUT2D eigenvalue weighted by Gasteiger charge is -2.17. The molecule has 26 heavy (non-hydrogen) atoms. The van der Waals surface area contributed by atoms with Gasteiger partial charge in [0.05, 0.1) is 7.11 Å². The predicted molar refractivity (Wildman–Crippen MR) is 96.6 cm³/mol. The van der Waals surface area contributed by atoms with Gasteiger partial charge in [-0.1, -0.05) is 0 Å². The Morgan fingerprint density at radius 2 is 1.65 bits per heavy atom. The van der Waals surface area contributed by atoms with Crippen molar-refractivity contribution >= 4 is 27.9 Å². The third-order valence-corrected chi connectivity index (χ3v) is 4.77. The SMILES string of the molecule is COc1cc(O)cc(C)c1C(=O)Oc1c(C)c(C)c(C(=O)O)c(O)c1Br. The molecule has 0 radical (unpaired) electrons. The molecule has 0 fully saturated rings. The minimum absolute atomic E-state index is 0.00419. The monoisotopic (exact) mass is 424 g/mol. The number of aromatic hydroxyl groups is 2. The van der Waals surface area contributed by atoms with Gasteiger partial charge in [-0.15, -0.1) is 0 Å². The number of rotatable bonds is 4. The number of hydrogen-bond acceptors (Lipinski definition) is 6. The number of phenolic OH excluding ortho intramolecular Hbond substituents is 1. The number of phenols is 2. The highest BCUT2D eigenvalue weighted by atomic mass is 79.9. The first-order valence-electron chi connectivity index (χ1n) is 7.44. The molecule has 8 heteroatoms. The second-order valence-corrected chi connectivity index (χ2v) is 6.44. The number of carboxylic acids is 1. The first-order chi connectivity index (χ1) is 12.1. The average Bonchev–Trinajstić information content (AvgIpc) is 2.55. The number of halogens is 1. The molecule has 0 amide bonds. The van der Waals surface area contributed by atoms with Gasteiger partial charge >= 0.3 is 11.9 Å². The Morgan fingerprint density at radius 3 is 2.19 bits per heavy atom. The minimum atomic E-state index is -1.29. The summed E-state index contributed by atoms with van der Waals surface area (Å²) >= 11 is 3.09. The molecular formula is C18H17BrO7. The largest absolute Gasteiger partial charge is 0.508 e. The molecule has 2 rings (SSSR count). The van der Waals surface area contributed by atoms with Crippen LogP contribution in [0, 0.1) is 20.8 Å². The van der Waals surface area contributed by atoms with E-state index in [9.17, 15) is 24.9 Å². The quantitative estimate of drug-likeness (QED) is 0.506. The smallest absolute Gasteiger partial charge is 0.347 e.